The number of nitrogens with zero attached hydrogens (tertiary/aromatic N) is 3. The van der Waals surface area contributed by atoms with E-state index in [0.29, 0.717) is 11.4 Å². The smallest absolute Gasteiger partial charge is 0.335 e. The number of hydrogen-bond donors (Lipinski definition) is 0. The summed E-state index contributed by atoms with van der Waals surface area (Å²) < 4.78 is 41.0. The van der Waals surface area contributed by atoms with E-state index in [-0.39, 0.29) is 5.92 Å². The van der Waals surface area contributed by atoms with Gasteiger partial charge in [0.05, 0.1) is 17.3 Å². The van der Waals surface area contributed by atoms with E-state index in [9.17, 15) is 13.2 Å². The Morgan fingerprint density at radius 2 is 1.79 bits per heavy atom. The van der Waals surface area contributed by atoms with Crippen LogP contribution in [0.1, 0.15) is 37.1 Å². The number of alkyl halides is 3. The van der Waals surface area contributed by atoms with Crippen molar-refractivity contribution in [3.8, 4) is 5.69 Å². The van der Waals surface area contributed by atoms with Crippen molar-refractivity contribution < 1.29 is 13.2 Å². The summed E-state index contributed by atoms with van der Waals surface area (Å²) in [7, 11) is 0. The quantitative estimate of drug-likeness (QED) is 0.764. The van der Waals surface area contributed by atoms with Gasteiger partial charge in [0, 0.05) is 17.3 Å². The molecule has 2 aromatic rings. The van der Waals surface area contributed by atoms with Crippen molar-refractivity contribution >= 4 is 17.4 Å². The second kappa shape index (κ2) is 5.58. The van der Waals surface area contributed by atoms with Crippen LogP contribution in [-0.4, -0.2) is 15.7 Å². The molecule has 2 heterocycles. The van der Waals surface area contributed by atoms with Crippen LogP contribution in [0.3, 0.4) is 0 Å². The summed E-state index contributed by atoms with van der Waals surface area (Å²) in [4.78, 5) is 2.12. The number of rotatable bonds is 3. The first kappa shape index (κ1) is 15.6. The Balaban J connectivity index is 1.69. The zero-order chi connectivity index (χ0) is 16.9. The number of allylic oxidation sites excluding steroid dienone is 1. The lowest BCUT2D eigenvalue weighted by Gasteiger charge is -2.19. The van der Waals surface area contributed by atoms with Crippen LogP contribution >= 0.6 is 11.8 Å². The van der Waals surface area contributed by atoms with Gasteiger partial charge in [-0.15, -0.1) is 11.8 Å². The van der Waals surface area contributed by atoms with Crippen molar-refractivity contribution in [2.45, 2.75) is 31.9 Å². The Morgan fingerprint density at radius 1 is 1.12 bits per heavy atom. The molecule has 1 saturated carbocycles. The molecule has 3 nitrogen and oxygen atoms in total. The summed E-state index contributed by atoms with van der Waals surface area (Å²) >= 11 is 1.70. The molecule has 0 radical (unpaired) electrons. The molecule has 1 aliphatic heterocycles. The lowest BCUT2D eigenvalue weighted by molar-refractivity contribution is -0.142. The highest BCUT2D eigenvalue weighted by molar-refractivity contribution is 8.02. The van der Waals surface area contributed by atoms with Crippen molar-refractivity contribution in [2.24, 2.45) is 0 Å². The van der Waals surface area contributed by atoms with Crippen molar-refractivity contribution in [1.82, 2.24) is 9.78 Å². The molecule has 0 atom stereocenters. The van der Waals surface area contributed by atoms with Gasteiger partial charge in [-0.1, -0.05) is 0 Å². The van der Waals surface area contributed by atoms with E-state index in [0.717, 1.165) is 34.8 Å². The van der Waals surface area contributed by atoms with Crippen molar-refractivity contribution in [2.75, 3.05) is 10.8 Å². The molecule has 4 rings (SSSR count). The van der Waals surface area contributed by atoms with Crippen LogP contribution in [0.15, 0.2) is 41.4 Å². The van der Waals surface area contributed by atoms with E-state index in [1.807, 2.05) is 19.1 Å². The van der Waals surface area contributed by atoms with E-state index in [1.54, 1.807) is 23.9 Å². The van der Waals surface area contributed by atoms with Gasteiger partial charge in [-0.2, -0.15) is 18.3 Å². The monoisotopic (exact) mass is 351 g/mol. The van der Waals surface area contributed by atoms with Gasteiger partial charge in [0.2, 0.25) is 0 Å². The van der Waals surface area contributed by atoms with Crippen LogP contribution in [0, 0.1) is 0 Å². The van der Waals surface area contributed by atoms with Crippen LogP contribution in [0.5, 0.6) is 0 Å². The van der Waals surface area contributed by atoms with E-state index < -0.39 is 11.9 Å². The molecule has 7 heteroatoms. The SMILES string of the molecule is CC1=CSCN1c1ccc(-n2nc(C3CC3)cc2C(F)(F)F)cc1. The molecular formula is C17H16F3N3S. The maximum Gasteiger partial charge on any atom is 0.433 e. The van der Waals surface area contributed by atoms with Gasteiger partial charge in [-0.25, -0.2) is 4.68 Å². The van der Waals surface area contributed by atoms with E-state index in [2.05, 4.69) is 15.4 Å². The largest absolute Gasteiger partial charge is 0.433 e. The Kier molecular flexibility index (Phi) is 3.63. The number of hydrogen-bond acceptors (Lipinski definition) is 3. The molecule has 0 bridgehead atoms. The van der Waals surface area contributed by atoms with Crippen LogP contribution in [0.25, 0.3) is 5.69 Å². The number of halogens is 3. The Bertz CT molecular complexity index is 788. The standard InChI is InChI=1S/C17H16F3N3S/c1-11-9-24-10-22(11)13-4-6-14(7-5-13)23-16(17(18,19)20)8-15(21-23)12-2-3-12/h4-9,12H,2-3,10H2,1H3. The third-order valence-electron chi connectivity index (χ3n) is 4.30. The molecule has 1 fully saturated rings. The molecule has 2 aliphatic rings. The van der Waals surface area contributed by atoms with E-state index in [1.165, 1.54) is 6.07 Å². The maximum absolute atomic E-state index is 13.3. The lowest BCUT2D eigenvalue weighted by atomic mass is 10.2. The Labute approximate surface area is 142 Å². The van der Waals surface area contributed by atoms with Gasteiger partial charge in [-0.05, 0) is 55.5 Å². The molecule has 0 amide bonds. The highest BCUT2D eigenvalue weighted by Crippen LogP contribution is 2.42. The van der Waals surface area contributed by atoms with Gasteiger partial charge >= 0.3 is 6.18 Å². The number of benzene rings is 1. The van der Waals surface area contributed by atoms with Gasteiger partial charge < -0.3 is 4.90 Å². The Morgan fingerprint density at radius 3 is 2.33 bits per heavy atom. The number of thioether (sulfide) groups is 1. The summed E-state index contributed by atoms with van der Waals surface area (Å²) in [6, 6.07) is 8.28. The third-order valence-corrected chi connectivity index (χ3v) is 5.22. The fourth-order valence-corrected chi connectivity index (χ4v) is 3.77. The first-order valence-electron chi connectivity index (χ1n) is 7.77. The minimum absolute atomic E-state index is 0.182. The highest BCUT2D eigenvalue weighted by atomic mass is 32.2. The molecule has 0 N–H and O–H groups in total. The fraction of sp³-hybridized carbons (Fsp3) is 0.353. The van der Waals surface area contributed by atoms with Gasteiger partial charge in [0.1, 0.15) is 5.69 Å². The van der Waals surface area contributed by atoms with E-state index >= 15 is 0 Å². The maximum atomic E-state index is 13.3. The summed E-state index contributed by atoms with van der Waals surface area (Å²) in [5, 5.41) is 6.29. The zero-order valence-corrected chi connectivity index (χ0v) is 13.9. The highest BCUT2D eigenvalue weighted by Gasteiger charge is 2.38. The lowest BCUT2D eigenvalue weighted by Crippen LogP contribution is -2.16. The predicted octanol–water partition coefficient (Wildman–Crippen LogP) is 5.14. The molecule has 24 heavy (non-hydrogen) atoms. The van der Waals surface area contributed by atoms with Crippen molar-refractivity contribution in [3.05, 3.63) is 52.8 Å². The van der Waals surface area contributed by atoms with Crippen LogP contribution in [-0.2, 0) is 6.18 Å². The second-order valence-electron chi connectivity index (χ2n) is 6.14. The van der Waals surface area contributed by atoms with E-state index in [4.69, 9.17) is 0 Å². The molecular weight excluding hydrogens is 335 g/mol. The molecule has 1 aromatic heterocycles. The normalized spacial score (nSPS) is 18.2. The predicted molar refractivity (Wildman–Crippen MR) is 89.2 cm³/mol. The molecule has 1 aromatic carbocycles. The van der Waals surface area contributed by atoms with Gasteiger partial charge in [-0.3, -0.25) is 0 Å². The van der Waals surface area contributed by atoms with Gasteiger partial charge in [0.15, 0.2) is 0 Å². The average molecular weight is 351 g/mol. The van der Waals surface area contributed by atoms with Crippen LogP contribution < -0.4 is 4.90 Å². The number of anilines is 1. The summed E-state index contributed by atoms with van der Waals surface area (Å²) in [5.74, 6) is 1.01. The van der Waals surface area contributed by atoms with Gasteiger partial charge in [0.25, 0.3) is 0 Å². The minimum atomic E-state index is -4.41. The number of aromatic nitrogens is 2. The summed E-state index contributed by atoms with van der Waals surface area (Å²) in [5.41, 5.74) is 2.39. The molecule has 126 valence electrons. The molecule has 0 saturated heterocycles. The average Bonchev–Trinajstić information content (AvgIpc) is 3.14. The summed E-state index contributed by atoms with van der Waals surface area (Å²) in [6.07, 6.45) is -2.57. The molecule has 1 aliphatic carbocycles. The first-order chi connectivity index (χ1) is 11.4. The van der Waals surface area contributed by atoms with Crippen molar-refractivity contribution in [1.29, 1.82) is 0 Å². The van der Waals surface area contributed by atoms with Crippen LogP contribution in [0.2, 0.25) is 0 Å². The summed E-state index contributed by atoms with van der Waals surface area (Å²) in [6.45, 7) is 2.02. The Hall–Kier alpha value is -1.89. The molecule has 0 spiro atoms. The van der Waals surface area contributed by atoms with Crippen molar-refractivity contribution in [3.63, 3.8) is 0 Å². The van der Waals surface area contributed by atoms with Crippen LogP contribution in [0.4, 0.5) is 18.9 Å². The second-order valence-corrected chi connectivity index (χ2v) is 6.96. The topological polar surface area (TPSA) is 21.1 Å². The fourth-order valence-electron chi connectivity index (χ4n) is 2.83. The third kappa shape index (κ3) is 2.81. The molecule has 0 unspecified atom stereocenters. The first-order valence-corrected chi connectivity index (χ1v) is 8.82. The zero-order valence-electron chi connectivity index (χ0n) is 13.0. The minimum Gasteiger partial charge on any atom is -0.335 e.